The van der Waals surface area contributed by atoms with Gasteiger partial charge >= 0.3 is 0 Å². The number of rotatable bonds is 3. The fourth-order valence-electron chi connectivity index (χ4n) is 10.3. The number of aliphatic hydroxyl groups is 1. The number of allylic oxidation sites excluding steroid dienone is 2. The zero-order chi connectivity index (χ0) is 32.8. The molecule has 2 fully saturated rings. The van der Waals surface area contributed by atoms with Gasteiger partial charge in [-0.05, 0) is 102 Å². The third-order valence-electron chi connectivity index (χ3n) is 11.4. The van der Waals surface area contributed by atoms with Crippen LogP contribution in [0.1, 0.15) is 78.7 Å². The van der Waals surface area contributed by atoms with Gasteiger partial charge in [0.1, 0.15) is 11.4 Å². The van der Waals surface area contributed by atoms with Crippen LogP contribution in [-0.2, 0) is 4.79 Å². The van der Waals surface area contributed by atoms with Gasteiger partial charge < -0.3 is 21.1 Å². The molecule has 5 heteroatoms. The average molecular weight is 626 g/mol. The quantitative estimate of drug-likeness (QED) is 0.183. The van der Waals surface area contributed by atoms with E-state index in [1.54, 1.807) is 0 Å². The molecule has 0 aromatic heterocycles. The minimum atomic E-state index is -0.295. The molecule has 1 aliphatic heterocycles. The van der Waals surface area contributed by atoms with E-state index < -0.39 is 0 Å². The molecule has 2 saturated carbocycles. The van der Waals surface area contributed by atoms with Crippen molar-refractivity contribution in [1.82, 2.24) is 0 Å². The summed E-state index contributed by atoms with van der Waals surface area (Å²) in [7, 11) is 0. The minimum Gasteiger partial charge on any atom is -0.506 e. The van der Waals surface area contributed by atoms with E-state index in [2.05, 4.69) is 106 Å². The zero-order valence-corrected chi connectivity index (χ0v) is 28.4. The molecule has 1 spiro atoms. The molecule has 4 N–H and O–H groups in total. The average Bonchev–Trinajstić information content (AvgIpc) is 2.98. The van der Waals surface area contributed by atoms with Gasteiger partial charge in [0.25, 0.3) is 0 Å². The van der Waals surface area contributed by atoms with E-state index in [0.29, 0.717) is 40.0 Å². The third kappa shape index (κ3) is 4.84. The standard InChI is InChI=1S/C42H47N3O2/c1-23-17-24(2)20-41(6,19-23)43-32-11-7-9-28-13-15-30(27(5)34(28)32)36-39(46)37(40(36)47)31-16-14-29-10-8-12-33-35(29)38(31)45-42(44-33)21-25(3)18-26(4)22-42/h7-16,23-26,43-46H,5,17-22H2,1-4,6H3/b36-30+. The fraction of sp³-hybridized carbons (Fsp3) is 0.405. The summed E-state index contributed by atoms with van der Waals surface area (Å²) in [5, 5.41) is 29.2. The number of hydrogen-bond donors (Lipinski definition) is 4. The van der Waals surface area contributed by atoms with Crippen LogP contribution in [0.5, 0.6) is 0 Å². The van der Waals surface area contributed by atoms with Crippen LogP contribution in [0.25, 0.3) is 39.3 Å². The van der Waals surface area contributed by atoms with Crippen LogP contribution in [0.15, 0.2) is 66.4 Å². The van der Waals surface area contributed by atoms with Crippen LogP contribution in [-0.4, -0.2) is 22.1 Å². The summed E-state index contributed by atoms with van der Waals surface area (Å²) in [5.74, 6) is 2.38. The lowest BCUT2D eigenvalue weighted by Gasteiger charge is -2.48. The van der Waals surface area contributed by atoms with Gasteiger partial charge in [0.05, 0.1) is 16.8 Å². The summed E-state index contributed by atoms with van der Waals surface area (Å²) < 4.78 is 0. The molecular weight excluding hydrogens is 578 g/mol. The third-order valence-corrected chi connectivity index (χ3v) is 11.4. The Kier molecular flexibility index (Phi) is 6.81. The Balaban J connectivity index is 1.25. The monoisotopic (exact) mass is 625 g/mol. The molecule has 4 aromatic carbocycles. The second kappa shape index (κ2) is 10.6. The number of anilines is 3. The van der Waals surface area contributed by atoms with Gasteiger partial charge in [-0.1, -0.05) is 82.8 Å². The smallest absolute Gasteiger partial charge is 0.201 e. The van der Waals surface area contributed by atoms with Crippen molar-refractivity contribution >= 4 is 62.1 Å². The van der Waals surface area contributed by atoms with Gasteiger partial charge in [0.15, 0.2) is 0 Å². The number of fused-ring (bicyclic) bond motifs is 1. The van der Waals surface area contributed by atoms with Crippen molar-refractivity contribution in [3.8, 4) is 0 Å². The van der Waals surface area contributed by atoms with Crippen LogP contribution in [0.2, 0.25) is 0 Å². The first-order chi connectivity index (χ1) is 22.4. The summed E-state index contributed by atoms with van der Waals surface area (Å²) in [6, 6.07) is 20.7. The van der Waals surface area contributed by atoms with Gasteiger partial charge in [-0.15, -0.1) is 0 Å². The first kappa shape index (κ1) is 30.1. The fourth-order valence-corrected chi connectivity index (χ4v) is 10.3. The molecule has 242 valence electrons. The normalized spacial score (nSPS) is 31.5. The van der Waals surface area contributed by atoms with Crippen LogP contribution in [0.3, 0.4) is 0 Å². The summed E-state index contributed by atoms with van der Waals surface area (Å²) >= 11 is 0. The van der Waals surface area contributed by atoms with Crippen molar-refractivity contribution in [2.75, 3.05) is 16.0 Å². The van der Waals surface area contributed by atoms with Gasteiger partial charge in [-0.2, -0.15) is 0 Å². The van der Waals surface area contributed by atoms with Gasteiger partial charge in [0, 0.05) is 33.2 Å². The predicted molar refractivity (Wildman–Crippen MR) is 197 cm³/mol. The lowest BCUT2D eigenvalue weighted by atomic mass is 9.72. The highest BCUT2D eigenvalue weighted by Gasteiger charge is 2.44. The first-order valence-corrected chi connectivity index (χ1v) is 17.6. The van der Waals surface area contributed by atoms with E-state index in [9.17, 15) is 9.90 Å². The van der Waals surface area contributed by atoms with Crippen LogP contribution < -0.4 is 26.4 Å². The summed E-state index contributed by atoms with van der Waals surface area (Å²) in [5.41, 5.74) is 4.26. The molecular formula is C42H47N3O2. The van der Waals surface area contributed by atoms with E-state index in [4.69, 9.17) is 0 Å². The maximum Gasteiger partial charge on any atom is 0.201 e. The molecule has 0 radical (unpaired) electrons. The van der Waals surface area contributed by atoms with E-state index in [-0.39, 0.29) is 22.7 Å². The highest BCUT2D eigenvalue weighted by molar-refractivity contribution is 6.52. The predicted octanol–water partition coefficient (Wildman–Crippen LogP) is 8.72. The molecule has 4 aliphatic rings. The molecule has 8 rings (SSSR count). The summed E-state index contributed by atoms with van der Waals surface area (Å²) in [6.45, 7) is 16.2. The number of carbonyl (C=O) groups is 1. The highest BCUT2D eigenvalue weighted by atomic mass is 16.3. The number of hydrogen-bond acceptors (Lipinski definition) is 5. The van der Waals surface area contributed by atoms with E-state index >= 15 is 0 Å². The summed E-state index contributed by atoms with van der Waals surface area (Å²) in [6.07, 6.45) is 6.68. The van der Waals surface area contributed by atoms with Crippen molar-refractivity contribution in [3.63, 3.8) is 0 Å². The van der Waals surface area contributed by atoms with E-state index in [0.717, 1.165) is 75.1 Å². The number of aliphatic hydroxyl groups excluding tert-OH is 1. The molecule has 0 saturated heterocycles. The van der Waals surface area contributed by atoms with Crippen molar-refractivity contribution in [2.24, 2.45) is 23.7 Å². The lowest BCUT2D eigenvalue weighted by molar-refractivity contribution is -0.109. The Bertz CT molecular complexity index is 2110. The first-order valence-electron chi connectivity index (χ1n) is 17.6. The van der Waals surface area contributed by atoms with Crippen LogP contribution in [0.4, 0.5) is 17.1 Å². The Morgan fingerprint density at radius 2 is 1.38 bits per heavy atom. The van der Waals surface area contributed by atoms with Crippen molar-refractivity contribution in [3.05, 3.63) is 82.4 Å². The second-order valence-corrected chi connectivity index (χ2v) is 16.0. The molecule has 47 heavy (non-hydrogen) atoms. The number of Topliss-reactive ketones (excluding diaryl/α,β-unsaturated/α-hetero) is 1. The molecule has 5 nitrogen and oxygen atoms in total. The van der Waals surface area contributed by atoms with E-state index in [1.807, 2.05) is 12.1 Å². The van der Waals surface area contributed by atoms with Crippen molar-refractivity contribution in [2.45, 2.75) is 84.3 Å². The number of ketones is 1. The van der Waals surface area contributed by atoms with Gasteiger partial charge in [-0.25, -0.2) is 0 Å². The highest BCUT2D eigenvalue weighted by Crippen LogP contribution is 2.50. The Morgan fingerprint density at radius 3 is 2.06 bits per heavy atom. The SMILES string of the molecule is C=c1/c(=C2/C(=O)C(c3ccc4cccc5c4c3NC3(CC(C)CC(C)C3)N5)=C2O)ccc2cccc(NC3(C)CC(C)CC(C)C3)c12. The Morgan fingerprint density at radius 1 is 0.766 bits per heavy atom. The van der Waals surface area contributed by atoms with E-state index in [1.165, 1.54) is 12.8 Å². The zero-order valence-electron chi connectivity index (χ0n) is 28.4. The molecule has 4 aromatic rings. The van der Waals surface area contributed by atoms with Crippen LogP contribution in [0, 0.1) is 23.7 Å². The Labute approximate surface area is 277 Å². The number of nitrogens with one attached hydrogen (secondary N) is 3. The molecule has 3 aliphatic carbocycles. The second-order valence-electron chi connectivity index (χ2n) is 16.0. The largest absolute Gasteiger partial charge is 0.506 e. The minimum absolute atomic E-state index is 0.0219. The maximum atomic E-state index is 14.2. The van der Waals surface area contributed by atoms with Crippen molar-refractivity contribution in [1.29, 1.82) is 0 Å². The number of benzene rings is 4. The van der Waals surface area contributed by atoms with Crippen molar-refractivity contribution < 1.29 is 9.90 Å². The van der Waals surface area contributed by atoms with Crippen LogP contribution >= 0.6 is 0 Å². The molecule has 0 amide bonds. The maximum absolute atomic E-state index is 14.2. The Hall–Kier alpha value is -4.25. The molecule has 4 atom stereocenters. The topological polar surface area (TPSA) is 73.4 Å². The van der Waals surface area contributed by atoms with Gasteiger partial charge in [-0.3, -0.25) is 4.79 Å². The number of carbonyl (C=O) groups excluding carboxylic acids is 1. The molecule has 1 heterocycles. The lowest BCUT2D eigenvalue weighted by Crippen LogP contribution is -2.53. The molecule has 4 unspecified atom stereocenters. The molecule has 0 bridgehead atoms. The summed E-state index contributed by atoms with van der Waals surface area (Å²) in [4.78, 5) is 14.2. The van der Waals surface area contributed by atoms with Gasteiger partial charge in [0.2, 0.25) is 5.78 Å².